The number of anilines is 1. The van der Waals surface area contributed by atoms with Crippen molar-refractivity contribution in [2.75, 3.05) is 25.0 Å². The van der Waals surface area contributed by atoms with E-state index in [0.717, 1.165) is 25.3 Å². The summed E-state index contributed by atoms with van der Waals surface area (Å²) in [5.74, 6) is -0.274. The average Bonchev–Trinajstić information content (AvgIpc) is 2.89. The van der Waals surface area contributed by atoms with Crippen LogP contribution in [0.25, 0.3) is 0 Å². The molecule has 1 aliphatic heterocycles. The van der Waals surface area contributed by atoms with Gasteiger partial charge in [0.05, 0.1) is 5.56 Å². The van der Waals surface area contributed by atoms with E-state index in [4.69, 9.17) is 5.11 Å². The molecule has 19 heavy (non-hydrogen) atoms. The Morgan fingerprint density at radius 2 is 2.16 bits per heavy atom. The van der Waals surface area contributed by atoms with Gasteiger partial charge in [-0.3, -0.25) is 4.90 Å². The highest BCUT2D eigenvalue weighted by atomic mass is 16.4. The Bertz CT molecular complexity index is 456. The minimum Gasteiger partial charge on any atom is -0.478 e. The largest absolute Gasteiger partial charge is 0.478 e. The molecule has 1 fully saturated rings. The molecule has 1 atom stereocenters. The number of nitrogens with zero attached hydrogens (tertiary/aromatic N) is 2. The molecule has 0 amide bonds. The Hall–Kier alpha value is -1.62. The number of aromatic nitrogens is 1. The summed E-state index contributed by atoms with van der Waals surface area (Å²) in [5.41, 5.74) is 1.00. The molecule has 1 aliphatic rings. The molecule has 5 heteroatoms. The van der Waals surface area contributed by atoms with E-state index in [2.05, 4.69) is 22.1 Å². The molecule has 2 rings (SSSR count). The second kappa shape index (κ2) is 6.02. The highest BCUT2D eigenvalue weighted by molar-refractivity contribution is 5.88. The van der Waals surface area contributed by atoms with Crippen molar-refractivity contribution in [1.29, 1.82) is 0 Å². The van der Waals surface area contributed by atoms with Gasteiger partial charge in [0.1, 0.15) is 5.82 Å². The number of rotatable bonds is 5. The normalized spacial score (nSPS) is 17.4. The predicted octanol–water partition coefficient (Wildman–Crippen LogP) is 1.98. The standard InChI is InChI=1S/C14H21N3O2/c1-10-7-12(14(18)19)8-13(16-10)15-9-11(2)17-5-3-4-6-17/h7-8,11H,3-6,9H2,1-2H3,(H,15,16)(H,18,19). The lowest BCUT2D eigenvalue weighted by Gasteiger charge is -2.24. The third kappa shape index (κ3) is 3.67. The maximum atomic E-state index is 11.0. The zero-order valence-electron chi connectivity index (χ0n) is 11.5. The van der Waals surface area contributed by atoms with E-state index < -0.39 is 5.97 Å². The average molecular weight is 263 g/mol. The number of carboxylic acid groups (broad SMARTS) is 1. The van der Waals surface area contributed by atoms with Crippen LogP contribution in [0.15, 0.2) is 12.1 Å². The van der Waals surface area contributed by atoms with Gasteiger partial charge in [0.2, 0.25) is 0 Å². The Labute approximate surface area is 113 Å². The predicted molar refractivity (Wildman–Crippen MR) is 74.7 cm³/mol. The summed E-state index contributed by atoms with van der Waals surface area (Å²) in [5, 5.41) is 12.3. The number of pyridine rings is 1. The van der Waals surface area contributed by atoms with Gasteiger partial charge >= 0.3 is 5.97 Å². The molecule has 0 spiro atoms. The van der Waals surface area contributed by atoms with Crippen molar-refractivity contribution in [3.8, 4) is 0 Å². The third-order valence-corrected chi connectivity index (χ3v) is 3.54. The van der Waals surface area contributed by atoms with Gasteiger partial charge in [-0.25, -0.2) is 9.78 Å². The monoisotopic (exact) mass is 263 g/mol. The van der Waals surface area contributed by atoms with Crippen molar-refractivity contribution in [1.82, 2.24) is 9.88 Å². The lowest BCUT2D eigenvalue weighted by atomic mass is 10.2. The van der Waals surface area contributed by atoms with Crippen LogP contribution in [0.4, 0.5) is 5.82 Å². The van der Waals surface area contributed by atoms with Crippen molar-refractivity contribution in [2.24, 2.45) is 0 Å². The van der Waals surface area contributed by atoms with Crippen molar-refractivity contribution in [3.05, 3.63) is 23.4 Å². The molecule has 2 N–H and O–H groups in total. The number of hydrogen-bond donors (Lipinski definition) is 2. The molecule has 0 aliphatic carbocycles. The van der Waals surface area contributed by atoms with Crippen molar-refractivity contribution >= 4 is 11.8 Å². The summed E-state index contributed by atoms with van der Waals surface area (Å²) in [7, 11) is 0. The highest BCUT2D eigenvalue weighted by Crippen LogP contribution is 2.14. The van der Waals surface area contributed by atoms with Crippen LogP contribution in [-0.2, 0) is 0 Å². The van der Waals surface area contributed by atoms with E-state index in [1.54, 1.807) is 12.1 Å². The van der Waals surface area contributed by atoms with Gasteiger partial charge in [-0.15, -0.1) is 0 Å². The van der Waals surface area contributed by atoms with Crippen LogP contribution in [-0.4, -0.2) is 46.6 Å². The molecular formula is C14H21N3O2. The summed E-state index contributed by atoms with van der Waals surface area (Å²) in [6.07, 6.45) is 2.55. The zero-order valence-corrected chi connectivity index (χ0v) is 11.5. The Balaban J connectivity index is 1.96. The molecule has 1 aromatic heterocycles. The maximum absolute atomic E-state index is 11.0. The van der Waals surface area contributed by atoms with Gasteiger partial charge < -0.3 is 10.4 Å². The summed E-state index contributed by atoms with van der Waals surface area (Å²) >= 11 is 0. The van der Waals surface area contributed by atoms with E-state index >= 15 is 0 Å². The fourth-order valence-electron chi connectivity index (χ4n) is 2.45. The van der Waals surface area contributed by atoms with Gasteiger partial charge in [0, 0.05) is 18.3 Å². The van der Waals surface area contributed by atoms with Gasteiger partial charge in [0.15, 0.2) is 0 Å². The minimum atomic E-state index is -0.916. The van der Waals surface area contributed by atoms with E-state index in [1.165, 1.54) is 12.8 Å². The van der Waals surface area contributed by atoms with E-state index in [0.29, 0.717) is 11.9 Å². The van der Waals surface area contributed by atoms with Crippen LogP contribution in [0.1, 0.15) is 35.8 Å². The van der Waals surface area contributed by atoms with Gasteiger partial charge in [-0.1, -0.05) is 0 Å². The summed E-state index contributed by atoms with van der Waals surface area (Å²) in [4.78, 5) is 17.8. The molecule has 104 valence electrons. The SMILES string of the molecule is Cc1cc(C(=O)O)cc(NCC(C)N2CCCC2)n1. The van der Waals surface area contributed by atoms with E-state index in [1.807, 2.05) is 6.92 Å². The first-order valence-electron chi connectivity index (χ1n) is 6.76. The minimum absolute atomic E-state index is 0.281. The van der Waals surface area contributed by atoms with Crippen LogP contribution in [0.2, 0.25) is 0 Å². The van der Waals surface area contributed by atoms with Crippen LogP contribution in [0.5, 0.6) is 0 Å². The Morgan fingerprint density at radius 1 is 1.47 bits per heavy atom. The molecule has 0 aromatic carbocycles. The first-order chi connectivity index (χ1) is 9.06. The number of aryl methyl sites for hydroxylation is 1. The molecule has 5 nitrogen and oxygen atoms in total. The van der Waals surface area contributed by atoms with Crippen LogP contribution in [0, 0.1) is 6.92 Å². The molecule has 1 saturated heterocycles. The molecule has 0 saturated carbocycles. The Kier molecular flexibility index (Phi) is 4.37. The summed E-state index contributed by atoms with van der Waals surface area (Å²) < 4.78 is 0. The molecule has 1 aromatic rings. The van der Waals surface area contributed by atoms with Gasteiger partial charge in [-0.05, 0) is 51.9 Å². The van der Waals surface area contributed by atoms with Crippen LogP contribution >= 0.6 is 0 Å². The summed E-state index contributed by atoms with van der Waals surface area (Å²) in [6, 6.07) is 3.61. The van der Waals surface area contributed by atoms with E-state index in [9.17, 15) is 4.79 Å². The van der Waals surface area contributed by atoms with Crippen LogP contribution < -0.4 is 5.32 Å². The number of carbonyl (C=O) groups is 1. The number of hydrogen-bond acceptors (Lipinski definition) is 4. The van der Waals surface area contributed by atoms with Crippen molar-refractivity contribution in [2.45, 2.75) is 32.7 Å². The third-order valence-electron chi connectivity index (χ3n) is 3.54. The molecule has 2 heterocycles. The van der Waals surface area contributed by atoms with Crippen molar-refractivity contribution in [3.63, 3.8) is 0 Å². The summed E-state index contributed by atoms with van der Waals surface area (Å²) in [6.45, 7) is 7.10. The molecule has 0 bridgehead atoms. The van der Waals surface area contributed by atoms with Crippen molar-refractivity contribution < 1.29 is 9.90 Å². The number of nitrogens with one attached hydrogen (secondary N) is 1. The van der Waals surface area contributed by atoms with E-state index in [-0.39, 0.29) is 5.56 Å². The Morgan fingerprint density at radius 3 is 2.79 bits per heavy atom. The highest BCUT2D eigenvalue weighted by Gasteiger charge is 2.17. The van der Waals surface area contributed by atoms with Crippen LogP contribution in [0.3, 0.4) is 0 Å². The maximum Gasteiger partial charge on any atom is 0.335 e. The fraction of sp³-hybridized carbons (Fsp3) is 0.571. The smallest absolute Gasteiger partial charge is 0.335 e. The van der Waals surface area contributed by atoms with Gasteiger partial charge in [-0.2, -0.15) is 0 Å². The number of carboxylic acids is 1. The quantitative estimate of drug-likeness (QED) is 0.850. The molecule has 1 unspecified atom stereocenters. The zero-order chi connectivity index (χ0) is 13.8. The lowest BCUT2D eigenvalue weighted by Crippen LogP contribution is -2.35. The fourth-order valence-corrected chi connectivity index (χ4v) is 2.45. The number of likely N-dealkylation sites (tertiary alicyclic amines) is 1. The second-order valence-corrected chi connectivity index (χ2v) is 5.16. The second-order valence-electron chi connectivity index (χ2n) is 5.16. The number of aromatic carboxylic acids is 1. The molecule has 0 radical (unpaired) electrons. The molecular weight excluding hydrogens is 242 g/mol. The van der Waals surface area contributed by atoms with Gasteiger partial charge in [0.25, 0.3) is 0 Å². The topological polar surface area (TPSA) is 65.5 Å². The first kappa shape index (κ1) is 13.8. The lowest BCUT2D eigenvalue weighted by molar-refractivity contribution is 0.0696. The first-order valence-corrected chi connectivity index (χ1v) is 6.76.